The van der Waals surface area contributed by atoms with Crippen LogP contribution in [0.4, 0.5) is 0 Å². The van der Waals surface area contributed by atoms with Gasteiger partial charge in [-0.25, -0.2) is 4.98 Å². The Morgan fingerprint density at radius 2 is 1.64 bits per heavy atom. The Balaban J connectivity index is 0.000000258. The first-order valence-corrected chi connectivity index (χ1v) is 15.5. The van der Waals surface area contributed by atoms with Gasteiger partial charge in [0.25, 0.3) is 0 Å². The van der Waals surface area contributed by atoms with Gasteiger partial charge in [-0.15, -0.1) is 54.1 Å². The Morgan fingerprint density at radius 3 is 2.33 bits per heavy atom. The van der Waals surface area contributed by atoms with Crippen molar-refractivity contribution in [2.45, 2.75) is 40.2 Å². The van der Waals surface area contributed by atoms with Gasteiger partial charge in [-0.05, 0) is 54.8 Å². The van der Waals surface area contributed by atoms with Gasteiger partial charge in [0.1, 0.15) is 0 Å². The second-order valence-corrected chi connectivity index (χ2v) is 14.9. The van der Waals surface area contributed by atoms with Gasteiger partial charge >= 0.3 is 0 Å². The van der Waals surface area contributed by atoms with Crippen LogP contribution in [0.1, 0.15) is 29.2 Å². The summed E-state index contributed by atoms with van der Waals surface area (Å²) in [5, 5.41) is 2.59. The largest absolute Gasteiger partial charge is 0.486 e. The van der Waals surface area contributed by atoms with E-state index in [0.717, 1.165) is 17.5 Å². The standard InChI is InChI=1S/C19H15N2O.C14H16NSi.Ir/c1-11-9-17(20-10-12(11)2)16-6-4-5-14-15-8-7-13(3)21-19(15)22-18(14)16;1-16(2,3)13-9-10-14(15-11-13)12-7-5-4-6-8-12;/h4-5,7-10H,1-3H3;4-7,9-11H,1-3H3;/q2*-1;/i1D3,2D3,3D3;;. The van der Waals surface area contributed by atoms with E-state index in [1.54, 1.807) is 18.2 Å². The molecular weight excluding hydrogens is 675 g/mol. The fraction of sp³-hybridized carbons (Fsp3) is 0.182. The SMILES string of the molecule is C[Si](C)(C)c1ccc(-c2[c-]cccc2)nc1.[2H]C([2H])([2H])c1ccc2c(n1)oc1c(-c3cc(C([2H])([2H])[2H])c(C([2H])([2H])[2H])cn3)[c-]ccc12.[Ir]. The Morgan fingerprint density at radius 1 is 0.795 bits per heavy atom. The van der Waals surface area contributed by atoms with E-state index in [1.165, 1.54) is 17.3 Å². The van der Waals surface area contributed by atoms with Crippen molar-refractivity contribution >= 4 is 35.3 Å². The molecule has 1 radical (unpaired) electrons. The molecule has 4 nitrogen and oxygen atoms in total. The second kappa shape index (κ2) is 11.7. The molecule has 0 spiro atoms. The first kappa shape index (κ1) is 18.8. The Hall–Kier alpha value is -3.44. The number of aryl methyl sites for hydroxylation is 3. The van der Waals surface area contributed by atoms with E-state index in [2.05, 4.69) is 58.9 Å². The molecule has 0 unspecified atom stereocenters. The summed E-state index contributed by atoms with van der Waals surface area (Å²) in [4.78, 5) is 12.8. The monoisotopic (exact) mass is 715 g/mol. The summed E-state index contributed by atoms with van der Waals surface area (Å²) in [5.74, 6) is 0. The van der Waals surface area contributed by atoms with Crippen LogP contribution in [0.15, 0.2) is 83.5 Å². The molecule has 2 aromatic carbocycles. The average molecular weight is 715 g/mol. The molecule has 6 rings (SSSR count). The maximum atomic E-state index is 7.74. The number of hydrogen-bond donors (Lipinski definition) is 0. The predicted octanol–water partition coefficient (Wildman–Crippen LogP) is 7.86. The summed E-state index contributed by atoms with van der Waals surface area (Å²) < 4.78 is 74.4. The first-order chi connectivity index (χ1) is 21.8. The molecule has 4 aromatic heterocycles. The fourth-order valence-corrected chi connectivity index (χ4v) is 4.99. The smallest absolute Gasteiger partial charge is 0.216 e. The molecular formula is C33H31IrN3OSi-2. The van der Waals surface area contributed by atoms with Gasteiger partial charge in [0, 0.05) is 55.9 Å². The van der Waals surface area contributed by atoms with Crippen molar-refractivity contribution in [2.75, 3.05) is 0 Å². The topological polar surface area (TPSA) is 51.8 Å². The van der Waals surface area contributed by atoms with E-state index >= 15 is 0 Å². The number of fused-ring (bicyclic) bond motifs is 3. The molecule has 6 aromatic rings. The molecule has 6 heteroatoms. The molecule has 0 saturated heterocycles. The Bertz CT molecular complexity index is 2040. The summed E-state index contributed by atoms with van der Waals surface area (Å²) in [7, 11) is -1.23. The van der Waals surface area contributed by atoms with Crippen LogP contribution in [0.25, 0.3) is 44.6 Å². The molecule has 4 heterocycles. The second-order valence-electron chi connectivity index (χ2n) is 9.82. The number of furan rings is 1. The zero-order valence-corrected chi connectivity index (χ0v) is 25.0. The number of benzene rings is 2. The molecule has 0 aliphatic rings. The van der Waals surface area contributed by atoms with Crippen LogP contribution >= 0.6 is 0 Å². The minimum atomic E-state index is -2.67. The molecule has 0 amide bonds. The molecule has 199 valence electrons. The first-order valence-electron chi connectivity index (χ1n) is 16.5. The number of nitrogens with zero attached hydrogens (tertiary/aromatic N) is 3. The van der Waals surface area contributed by atoms with Crippen molar-refractivity contribution in [2.24, 2.45) is 0 Å². The molecule has 0 atom stereocenters. The summed E-state index contributed by atoms with van der Waals surface area (Å²) in [6, 6.07) is 25.9. The third kappa shape index (κ3) is 6.25. The van der Waals surface area contributed by atoms with Gasteiger partial charge in [-0.1, -0.05) is 54.4 Å². The van der Waals surface area contributed by atoms with Gasteiger partial charge in [0.05, 0.1) is 13.7 Å². The van der Waals surface area contributed by atoms with Gasteiger partial charge < -0.3 is 14.4 Å². The van der Waals surface area contributed by atoms with Gasteiger partial charge in [0.15, 0.2) is 0 Å². The molecule has 0 aliphatic heterocycles. The number of hydrogen-bond acceptors (Lipinski definition) is 4. The molecule has 0 bridgehead atoms. The fourth-order valence-electron chi connectivity index (χ4n) is 3.95. The molecule has 0 aliphatic carbocycles. The van der Waals surface area contributed by atoms with E-state index in [1.807, 2.05) is 30.5 Å². The third-order valence-corrected chi connectivity index (χ3v) is 8.10. The van der Waals surface area contributed by atoms with Crippen LogP contribution in [-0.4, -0.2) is 23.0 Å². The van der Waals surface area contributed by atoms with Crippen molar-refractivity contribution in [3.8, 4) is 22.5 Å². The van der Waals surface area contributed by atoms with Crippen molar-refractivity contribution in [3.63, 3.8) is 0 Å². The average Bonchev–Trinajstić information content (AvgIpc) is 3.38. The van der Waals surface area contributed by atoms with Crippen LogP contribution in [0, 0.1) is 32.7 Å². The molecule has 0 fully saturated rings. The molecule has 0 saturated carbocycles. The van der Waals surface area contributed by atoms with Crippen LogP contribution in [0.2, 0.25) is 19.6 Å². The van der Waals surface area contributed by atoms with Crippen molar-refractivity contribution in [1.29, 1.82) is 0 Å². The summed E-state index contributed by atoms with van der Waals surface area (Å²) in [6.07, 6.45) is 3.05. The summed E-state index contributed by atoms with van der Waals surface area (Å²) >= 11 is 0. The maximum absolute atomic E-state index is 7.74. The zero-order chi connectivity index (χ0) is 34.4. The minimum Gasteiger partial charge on any atom is -0.486 e. The normalized spacial score (nSPS) is 15.5. The Kier molecular flexibility index (Phi) is 5.65. The van der Waals surface area contributed by atoms with Crippen LogP contribution < -0.4 is 5.19 Å². The van der Waals surface area contributed by atoms with Crippen LogP contribution in [-0.2, 0) is 20.1 Å². The number of rotatable bonds is 3. The Labute approximate surface area is 257 Å². The third-order valence-electron chi connectivity index (χ3n) is 6.07. The van der Waals surface area contributed by atoms with E-state index in [-0.39, 0.29) is 48.3 Å². The summed E-state index contributed by atoms with van der Waals surface area (Å²) in [5.41, 5.74) is 2.15. The zero-order valence-electron chi connectivity index (χ0n) is 30.6. The molecule has 39 heavy (non-hydrogen) atoms. The van der Waals surface area contributed by atoms with E-state index < -0.39 is 28.6 Å². The van der Waals surface area contributed by atoms with Gasteiger partial charge in [-0.2, -0.15) is 0 Å². The van der Waals surface area contributed by atoms with Crippen LogP contribution in [0.5, 0.6) is 0 Å². The van der Waals surface area contributed by atoms with Gasteiger partial charge in [0.2, 0.25) is 5.71 Å². The van der Waals surface area contributed by atoms with E-state index in [4.69, 9.17) is 16.8 Å². The van der Waals surface area contributed by atoms with Crippen molar-refractivity contribution in [1.82, 2.24) is 15.0 Å². The minimum absolute atomic E-state index is 0. The van der Waals surface area contributed by atoms with Crippen LogP contribution in [0.3, 0.4) is 0 Å². The molecule has 0 N–H and O–H groups in total. The number of aromatic nitrogens is 3. The van der Waals surface area contributed by atoms with E-state index in [9.17, 15) is 0 Å². The number of pyridine rings is 3. The van der Waals surface area contributed by atoms with Crippen molar-refractivity contribution in [3.05, 3.63) is 108 Å². The van der Waals surface area contributed by atoms with Gasteiger partial charge in [-0.3, -0.25) is 0 Å². The van der Waals surface area contributed by atoms with Crippen molar-refractivity contribution < 1.29 is 36.9 Å². The predicted molar refractivity (Wildman–Crippen MR) is 159 cm³/mol. The van der Waals surface area contributed by atoms with E-state index in [0.29, 0.717) is 21.9 Å². The maximum Gasteiger partial charge on any atom is 0.216 e. The summed E-state index contributed by atoms with van der Waals surface area (Å²) in [6.45, 7) is -0.711. The quantitative estimate of drug-likeness (QED) is 0.138.